The molecule has 18 heavy (non-hydrogen) atoms. The molecule has 2 N–H and O–H groups in total. The van der Waals surface area contributed by atoms with E-state index in [9.17, 15) is 5.11 Å². The van der Waals surface area contributed by atoms with Gasteiger partial charge in [0.25, 0.3) is 0 Å². The normalized spacial score (nSPS) is 12.3. The average Bonchev–Trinajstić information content (AvgIpc) is 2.25. The van der Waals surface area contributed by atoms with E-state index in [1.54, 1.807) is 26.0 Å². The van der Waals surface area contributed by atoms with E-state index >= 15 is 0 Å². The van der Waals surface area contributed by atoms with Crippen molar-refractivity contribution < 1.29 is 5.11 Å². The zero-order chi connectivity index (χ0) is 14.0. The lowest BCUT2D eigenvalue weighted by atomic mass is 9.86. The number of halogens is 1. The molecule has 0 fully saturated rings. The third-order valence-corrected chi connectivity index (χ3v) is 3.78. The predicted octanol–water partition coefficient (Wildman–Crippen LogP) is 2.85. The Morgan fingerprint density at radius 1 is 1.33 bits per heavy atom. The Balaban J connectivity index is 2.79. The molecule has 0 saturated carbocycles. The summed E-state index contributed by atoms with van der Waals surface area (Å²) in [6, 6.07) is 7.26. The van der Waals surface area contributed by atoms with Crippen molar-refractivity contribution in [1.82, 2.24) is 5.32 Å². The first-order valence-corrected chi connectivity index (χ1v) is 6.21. The summed E-state index contributed by atoms with van der Waals surface area (Å²) in [5.74, 6) is 0. The molecule has 0 heterocycles. The van der Waals surface area contributed by atoms with Crippen LogP contribution in [-0.4, -0.2) is 16.2 Å². The first-order chi connectivity index (χ1) is 8.17. The van der Waals surface area contributed by atoms with Gasteiger partial charge in [0.1, 0.15) is 0 Å². The van der Waals surface area contributed by atoms with E-state index in [1.165, 1.54) is 0 Å². The summed E-state index contributed by atoms with van der Waals surface area (Å²) >= 11 is 6.10. The molecular formula is C14H19ClN2O. The number of nitriles is 1. The van der Waals surface area contributed by atoms with Gasteiger partial charge in [0, 0.05) is 17.1 Å². The Morgan fingerprint density at radius 3 is 2.39 bits per heavy atom. The van der Waals surface area contributed by atoms with Crippen LogP contribution in [0.3, 0.4) is 0 Å². The quantitative estimate of drug-likeness (QED) is 0.881. The second kappa shape index (κ2) is 5.27. The number of nitrogens with one attached hydrogen (secondary N) is 1. The summed E-state index contributed by atoms with van der Waals surface area (Å²) in [6.45, 7) is 7.94. The molecule has 0 radical (unpaired) electrons. The molecule has 0 bridgehead atoms. The van der Waals surface area contributed by atoms with Gasteiger partial charge in [-0.2, -0.15) is 5.26 Å². The maximum Gasteiger partial charge on any atom is 0.0992 e. The Hall–Kier alpha value is -1.08. The van der Waals surface area contributed by atoms with Gasteiger partial charge in [0.05, 0.1) is 17.2 Å². The predicted molar refractivity (Wildman–Crippen MR) is 73.4 cm³/mol. The number of nitrogens with zero attached hydrogens (tertiary/aromatic N) is 1. The first-order valence-electron chi connectivity index (χ1n) is 5.83. The molecule has 1 aromatic rings. The zero-order valence-electron chi connectivity index (χ0n) is 11.2. The summed E-state index contributed by atoms with van der Waals surface area (Å²) in [4.78, 5) is 0. The van der Waals surface area contributed by atoms with Crippen molar-refractivity contribution in [1.29, 1.82) is 5.26 Å². The van der Waals surface area contributed by atoms with Gasteiger partial charge < -0.3 is 10.4 Å². The number of benzene rings is 1. The van der Waals surface area contributed by atoms with E-state index in [-0.39, 0.29) is 0 Å². The molecule has 0 aliphatic heterocycles. The van der Waals surface area contributed by atoms with Crippen molar-refractivity contribution in [3.05, 3.63) is 34.3 Å². The van der Waals surface area contributed by atoms with Crippen LogP contribution >= 0.6 is 11.6 Å². The molecule has 4 heteroatoms. The number of rotatable bonds is 4. The minimum Gasteiger partial charge on any atom is -0.389 e. The summed E-state index contributed by atoms with van der Waals surface area (Å²) in [5, 5.41) is 22.6. The standard InChI is InChI=1S/C14H19ClN2O/c1-13(2,14(3,4)18)17-9-11-6-5-10(8-16)7-12(11)15/h5-7,17-18H,9H2,1-4H3. The molecule has 0 aliphatic carbocycles. The van der Waals surface area contributed by atoms with Crippen LogP contribution in [-0.2, 0) is 6.54 Å². The average molecular weight is 267 g/mol. The summed E-state index contributed by atoms with van der Waals surface area (Å²) in [7, 11) is 0. The van der Waals surface area contributed by atoms with E-state index in [4.69, 9.17) is 16.9 Å². The van der Waals surface area contributed by atoms with Crippen molar-refractivity contribution in [3.8, 4) is 6.07 Å². The van der Waals surface area contributed by atoms with Gasteiger partial charge in [-0.25, -0.2) is 0 Å². The lowest BCUT2D eigenvalue weighted by molar-refractivity contribution is -0.00531. The minimum atomic E-state index is -0.841. The van der Waals surface area contributed by atoms with Crippen LogP contribution in [0.25, 0.3) is 0 Å². The van der Waals surface area contributed by atoms with Crippen molar-refractivity contribution in [2.45, 2.75) is 45.4 Å². The van der Waals surface area contributed by atoms with Crippen LogP contribution in [0.15, 0.2) is 18.2 Å². The van der Waals surface area contributed by atoms with E-state index < -0.39 is 11.1 Å². The SMILES string of the molecule is CC(C)(O)C(C)(C)NCc1ccc(C#N)cc1Cl. The highest BCUT2D eigenvalue weighted by Crippen LogP contribution is 2.23. The van der Waals surface area contributed by atoms with E-state index in [0.29, 0.717) is 17.1 Å². The van der Waals surface area contributed by atoms with Gasteiger partial charge in [-0.3, -0.25) is 0 Å². The highest BCUT2D eigenvalue weighted by atomic mass is 35.5. The van der Waals surface area contributed by atoms with Crippen molar-refractivity contribution in [2.75, 3.05) is 0 Å². The second-order valence-electron chi connectivity index (χ2n) is 5.46. The van der Waals surface area contributed by atoms with E-state index in [2.05, 4.69) is 5.32 Å². The summed E-state index contributed by atoms with van der Waals surface area (Å²) in [5.41, 5.74) is 0.175. The van der Waals surface area contributed by atoms with Crippen LogP contribution in [0.4, 0.5) is 0 Å². The molecule has 0 aromatic heterocycles. The van der Waals surface area contributed by atoms with Crippen molar-refractivity contribution in [3.63, 3.8) is 0 Å². The molecule has 0 spiro atoms. The van der Waals surface area contributed by atoms with Crippen LogP contribution in [0.5, 0.6) is 0 Å². The fourth-order valence-electron chi connectivity index (χ4n) is 1.29. The monoisotopic (exact) mass is 266 g/mol. The molecule has 98 valence electrons. The maximum atomic E-state index is 10.0. The smallest absolute Gasteiger partial charge is 0.0992 e. The molecular weight excluding hydrogens is 248 g/mol. The topological polar surface area (TPSA) is 56.0 Å². The zero-order valence-corrected chi connectivity index (χ0v) is 12.0. The van der Waals surface area contributed by atoms with Gasteiger partial charge in [0.15, 0.2) is 0 Å². The Morgan fingerprint density at radius 2 is 1.94 bits per heavy atom. The van der Waals surface area contributed by atoms with E-state index in [0.717, 1.165) is 5.56 Å². The van der Waals surface area contributed by atoms with E-state index in [1.807, 2.05) is 26.0 Å². The van der Waals surface area contributed by atoms with Crippen LogP contribution in [0.1, 0.15) is 38.8 Å². The van der Waals surface area contributed by atoms with Crippen LogP contribution in [0.2, 0.25) is 5.02 Å². The van der Waals surface area contributed by atoms with Gasteiger partial charge in [-0.15, -0.1) is 0 Å². The van der Waals surface area contributed by atoms with Gasteiger partial charge in [-0.1, -0.05) is 17.7 Å². The summed E-state index contributed by atoms with van der Waals surface area (Å²) < 4.78 is 0. The Bertz CT molecular complexity index is 470. The molecule has 1 aromatic carbocycles. The fraction of sp³-hybridized carbons (Fsp3) is 0.500. The highest BCUT2D eigenvalue weighted by Gasteiger charge is 2.34. The van der Waals surface area contributed by atoms with Gasteiger partial charge in [0.2, 0.25) is 0 Å². The van der Waals surface area contributed by atoms with Gasteiger partial charge in [-0.05, 0) is 45.4 Å². The molecule has 0 aliphatic rings. The van der Waals surface area contributed by atoms with Crippen LogP contribution < -0.4 is 5.32 Å². The third kappa shape index (κ3) is 3.46. The highest BCUT2D eigenvalue weighted by molar-refractivity contribution is 6.31. The lowest BCUT2D eigenvalue weighted by Gasteiger charge is -2.38. The Labute approximate surface area is 113 Å². The third-order valence-electron chi connectivity index (χ3n) is 3.43. The molecule has 0 unspecified atom stereocenters. The second-order valence-corrected chi connectivity index (χ2v) is 5.86. The first kappa shape index (κ1) is 15.0. The Kier molecular flexibility index (Phi) is 4.39. The van der Waals surface area contributed by atoms with Crippen molar-refractivity contribution in [2.24, 2.45) is 0 Å². The molecule has 0 amide bonds. The molecule has 1 rings (SSSR count). The number of hydrogen-bond donors (Lipinski definition) is 2. The minimum absolute atomic E-state index is 0.440. The molecule has 0 saturated heterocycles. The lowest BCUT2D eigenvalue weighted by Crippen LogP contribution is -2.55. The van der Waals surface area contributed by atoms with Gasteiger partial charge >= 0.3 is 0 Å². The number of hydrogen-bond acceptors (Lipinski definition) is 3. The fourth-order valence-corrected chi connectivity index (χ4v) is 1.54. The van der Waals surface area contributed by atoms with Crippen LogP contribution in [0, 0.1) is 11.3 Å². The number of aliphatic hydroxyl groups is 1. The molecule has 0 atom stereocenters. The largest absolute Gasteiger partial charge is 0.389 e. The molecule has 3 nitrogen and oxygen atoms in total. The van der Waals surface area contributed by atoms with Crippen molar-refractivity contribution >= 4 is 11.6 Å². The summed E-state index contributed by atoms with van der Waals surface area (Å²) in [6.07, 6.45) is 0. The maximum absolute atomic E-state index is 10.0.